The van der Waals surface area contributed by atoms with Gasteiger partial charge >= 0.3 is 0 Å². The SMILES string of the molecule is CC(CNc1nc2cc(Cl)ccc2s1)CN1CCCC1. The van der Waals surface area contributed by atoms with Gasteiger partial charge in [0.1, 0.15) is 0 Å². The summed E-state index contributed by atoms with van der Waals surface area (Å²) in [5.41, 5.74) is 0.984. The molecule has 1 atom stereocenters. The van der Waals surface area contributed by atoms with Gasteiger partial charge in [-0.3, -0.25) is 0 Å². The first-order chi connectivity index (χ1) is 9.70. The molecule has 1 N–H and O–H groups in total. The summed E-state index contributed by atoms with van der Waals surface area (Å²) in [6.45, 7) is 7.00. The summed E-state index contributed by atoms with van der Waals surface area (Å²) in [6.07, 6.45) is 2.72. The molecule has 0 aliphatic carbocycles. The zero-order valence-corrected chi connectivity index (χ0v) is 13.3. The lowest BCUT2D eigenvalue weighted by atomic mass is 10.2. The van der Waals surface area contributed by atoms with Crippen LogP contribution in [0.3, 0.4) is 0 Å². The van der Waals surface area contributed by atoms with Gasteiger partial charge in [0.2, 0.25) is 0 Å². The van der Waals surface area contributed by atoms with Gasteiger partial charge in [0.15, 0.2) is 5.13 Å². The first kappa shape index (κ1) is 14.1. The molecular weight excluding hydrogens is 290 g/mol. The smallest absolute Gasteiger partial charge is 0.183 e. The number of thiazole rings is 1. The standard InChI is InChI=1S/C15H20ClN3S/c1-11(10-19-6-2-3-7-19)9-17-15-18-13-8-12(16)4-5-14(13)20-15/h4-5,8,11H,2-3,6-7,9-10H2,1H3,(H,17,18). The van der Waals surface area contributed by atoms with Crippen LogP contribution in [0.4, 0.5) is 5.13 Å². The predicted molar refractivity (Wildman–Crippen MR) is 88.0 cm³/mol. The third-order valence-electron chi connectivity index (χ3n) is 3.72. The minimum atomic E-state index is 0.642. The summed E-state index contributed by atoms with van der Waals surface area (Å²) in [5, 5.41) is 5.21. The molecule has 0 bridgehead atoms. The van der Waals surface area contributed by atoms with E-state index in [1.807, 2.05) is 18.2 Å². The van der Waals surface area contributed by atoms with Crippen molar-refractivity contribution in [2.24, 2.45) is 5.92 Å². The van der Waals surface area contributed by atoms with Gasteiger partial charge in [-0.25, -0.2) is 4.98 Å². The molecular formula is C15H20ClN3S. The van der Waals surface area contributed by atoms with E-state index in [4.69, 9.17) is 11.6 Å². The quantitative estimate of drug-likeness (QED) is 0.901. The fourth-order valence-corrected chi connectivity index (χ4v) is 3.73. The Bertz CT molecular complexity index is 578. The second-order valence-corrected chi connectivity index (χ2v) is 7.09. The van der Waals surface area contributed by atoms with Gasteiger partial charge in [-0.2, -0.15) is 0 Å². The van der Waals surface area contributed by atoms with Gasteiger partial charge in [0.25, 0.3) is 0 Å². The van der Waals surface area contributed by atoms with E-state index in [2.05, 4.69) is 22.1 Å². The molecule has 0 radical (unpaired) electrons. The molecule has 0 amide bonds. The zero-order chi connectivity index (χ0) is 13.9. The lowest BCUT2D eigenvalue weighted by Gasteiger charge is -2.20. The topological polar surface area (TPSA) is 28.2 Å². The van der Waals surface area contributed by atoms with E-state index in [-0.39, 0.29) is 0 Å². The second kappa shape index (κ2) is 6.29. The Morgan fingerprint density at radius 3 is 3.00 bits per heavy atom. The number of nitrogens with zero attached hydrogens (tertiary/aromatic N) is 2. The molecule has 5 heteroatoms. The van der Waals surface area contributed by atoms with Crippen molar-refractivity contribution in [3.63, 3.8) is 0 Å². The molecule has 2 heterocycles. The van der Waals surface area contributed by atoms with E-state index in [0.29, 0.717) is 5.92 Å². The molecule has 20 heavy (non-hydrogen) atoms. The van der Waals surface area contributed by atoms with Crippen LogP contribution in [0.15, 0.2) is 18.2 Å². The fraction of sp³-hybridized carbons (Fsp3) is 0.533. The molecule has 1 aliphatic heterocycles. The lowest BCUT2D eigenvalue weighted by Crippen LogP contribution is -2.28. The Balaban J connectivity index is 1.56. The van der Waals surface area contributed by atoms with Crippen LogP contribution in [0.1, 0.15) is 19.8 Å². The molecule has 1 fully saturated rings. The van der Waals surface area contributed by atoms with Crippen LogP contribution in [0.2, 0.25) is 5.02 Å². The van der Waals surface area contributed by atoms with Gasteiger partial charge < -0.3 is 10.2 Å². The summed E-state index contributed by atoms with van der Waals surface area (Å²) in [6, 6.07) is 5.88. The van der Waals surface area contributed by atoms with Gasteiger partial charge in [-0.15, -0.1) is 0 Å². The number of anilines is 1. The Labute approximate surface area is 128 Å². The van der Waals surface area contributed by atoms with Crippen molar-refractivity contribution in [2.45, 2.75) is 19.8 Å². The highest BCUT2D eigenvalue weighted by Crippen LogP contribution is 2.28. The van der Waals surface area contributed by atoms with Crippen LogP contribution < -0.4 is 5.32 Å². The number of halogens is 1. The zero-order valence-electron chi connectivity index (χ0n) is 11.7. The van der Waals surface area contributed by atoms with Gasteiger partial charge in [-0.05, 0) is 50.0 Å². The second-order valence-electron chi connectivity index (χ2n) is 5.62. The maximum Gasteiger partial charge on any atom is 0.183 e. The van der Waals surface area contributed by atoms with Crippen molar-refractivity contribution in [3.05, 3.63) is 23.2 Å². The van der Waals surface area contributed by atoms with E-state index in [1.165, 1.54) is 37.2 Å². The Hall–Kier alpha value is -0.840. The van der Waals surface area contributed by atoms with E-state index in [1.54, 1.807) is 11.3 Å². The molecule has 1 saturated heterocycles. The molecule has 0 spiro atoms. The first-order valence-corrected chi connectivity index (χ1v) is 8.42. The number of rotatable bonds is 5. The number of hydrogen-bond donors (Lipinski definition) is 1. The summed E-state index contributed by atoms with van der Waals surface area (Å²) in [5.74, 6) is 0.642. The average Bonchev–Trinajstić information content (AvgIpc) is 3.04. The van der Waals surface area contributed by atoms with E-state index >= 15 is 0 Å². The predicted octanol–water partition coefficient (Wildman–Crippen LogP) is 4.09. The van der Waals surface area contributed by atoms with E-state index < -0.39 is 0 Å². The van der Waals surface area contributed by atoms with Crippen LogP contribution in [0.5, 0.6) is 0 Å². The van der Waals surface area contributed by atoms with Crippen molar-refractivity contribution < 1.29 is 0 Å². The molecule has 2 aromatic rings. The molecule has 1 aliphatic rings. The molecule has 0 saturated carbocycles. The van der Waals surface area contributed by atoms with Gasteiger partial charge in [-0.1, -0.05) is 29.9 Å². The number of benzene rings is 1. The van der Waals surface area contributed by atoms with Crippen LogP contribution in [0, 0.1) is 5.92 Å². The summed E-state index contributed by atoms with van der Waals surface area (Å²) in [7, 11) is 0. The largest absolute Gasteiger partial charge is 0.361 e. The van der Waals surface area contributed by atoms with Gasteiger partial charge in [0, 0.05) is 18.1 Å². The highest BCUT2D eigenvalue weighted by molar-refractivity contribution is 7.22. The van der Waals surface area contributed by atoms with Crippen LogP contribution in [-0.2, 0) is 0 Å². The molecule has 3 rings (SSSR count). The highest BCUT2D eigenvalue weighted by atomic mass is 35.5. The fourth-order valence-electron chi connectivity index (χ4n) is 2.71. The molecule has 3 nitrogen and oxygen atoms in total. The maximum absolute atomic E-state index is 5.99. The van der Waals surface area contributed by atoms with Crippen molar-refractivity contribution in [1.29, 1.82) is 0 Å². The van der Waals surface area contributed by atoms with Crippen molar-refractivity contribution in [1.82, 2.24) is 9.88 Å². The third-order valence-corrected chi connectivity index (χ3v) is 4.95. The van der Waals surface area contributed by atoms with Gasteiger partial charge in [0.05, 0.1) is 10.2 Å². The van der Waals surface area contributed by atoms with Crippen molar-refractivity contribution >= 4 is 38.3 Å². The molecule has 108 valence electrons. The Morgan fingerprint density at radius 1 is 1.40 bits per heavy atom. The van der Waals surface area contributed by atoms with Crippen LogP contribution >= 0.6 is 22.9 Å². The Kier molecular flexibility index (Phi) is 4.44. The highest BCUT2D eigenvalue weighted by Gasteiger charge is 2.14. The van der Waals surface area contributed by atoms with Crippen LogP contribution in [-0.4, -0.2) is 36.1 Å². The summed E-state index contributed by atoms with van der Waals surface area (Å²) in [4.78, 5) is 7.15. The lowest BCUT2D eigenvalue weighted by molar-refractivity contribution is 0.294. The van der Waals surface area contributed by atoms with E-state index in [0.717, 1.165) is 22.2 Å². The van der Waals surface area contributed by atoms with Crippen LogP contribution in [0.25, 0.3) is 10.2 Å². The third kappa shape index (κ3) is 3.43. The minimum absolute atomic E-state index is 0.642. The number of nitrogens with one attached hydrogen (secondary N) is 1. The normalized spacial score (nSPS) is 17.7. The molecule has 1 aromatic carbocycles. The number of aromatic nitrogens is 1. The van der Waals surface area contributed by atoms with Crippen molar-refractivity contribution in [2.75, 3.05) is 31.5 Å². The van der Waals surface area contributed by atoms with Crippen molar-refractivity contribution in [3.8, 4) is 0 Å². The number of likely N-dealkylation sites (tertiary alicyclic amines) is 1. The monoisotopic (exact) mass is 309 g/mol. The maximum atomic E-state index is 5.99. The number of fused-ring (bicyclic) bond motifs is 1. The average molecular weight is 310 g/mol. The summed E-state index contributed by atoms with van der Waals surface area (Å²) >= 11 is 7.69. The summed E-state index contributed by atoms with van der Waals surface area (Å²) < 4.78 is 1.18. The first-order valence-electron chi connectivity index (χ1n) is 7.23. The minimum Gasteiger partial charge on any atom is -0.361 e. The molecule has 1 unspecified atom stereocenters. The Morgan fingerprint density at radius 2 is 2.20 bits per heavy atom. The number of hydrogen-bond acceptors (Lipinski definition) is 4. The molecule has 1 aromatic heterocycles. The van der Waals surface area contributed by atoms with E-state index in [9.17, 15) is 0 Å².